The van der Waals surface area contributed by atoms with Gasteiger partial charge < -0.3 is 0 Å². The normalized spacial score (nSPS) is 10.7. The van der Waals surface area contributed by atoms with Crippen molar-refractivity contribution < 1.29 is 4.79 Å². The number of ketones is 1. The van der Waals surface area contributed by atoms with Crippen molar-refractivity contribution in [1.82, 2.24) is 10.2 Å². The number of rotatable bonds is 4. The van der Waals surface area contributed by atoms with Gasteiger partial charge in [0.15, 0.2) is 5.78 Å². The first-order chi connectivity index (χ1) is 10.2. The first-order valence-electron chi connectivity index (χ1n) is 6.36. The standard InChI is InChI=1S/C16H11ClN2OS/c17-13-7-5-11(6-8-13)15(20)10-21-16-14-4-2-1-3-12(14)9-18-19-16/h1-9H,10H2. The third kappa shape index (κ3) is 3.23. The number of nitrogens with zero attached hydrogens (tertiary/aromatic N) is 2. The minimum atomic E-state index is 0.0476. The second kappa shape index (κ2) is 6.24. The molecule has 5 heteroatoms. The van der Waals surface area contributed by atoms with E-state index in [4.69, 9.17) is 11.6 Å². The summed E-state index contributed by atoms with van der Waals surface area (Å²) in [5.41, 5.74) is 0.653. The van der Waals surface area contributed by atoms with Crippen LogP contribution in [0.3, 0.4) is 0 Å². The molecule has 0 radical (unpaired) electrons. The van der Waals surface area contributed by atoms with Crippen LogP contribution in [0.25, 0.3) is 10.8 Å². The van der Waals surface area contributed by atoms with E-state index in [-0.39, 0.29) is 5.78 Å². The van der Waals surface area contributed by atoms with Crippen molar-refractivity contribution in [2.75, 3.05) is 5.75 Å². The molecule has 3 aromatic rings. The zero-order chi connectivity index (χ0) is 14.7. The lowest BCUT2D eigenvalue weighted by molar-refractivity contribution is 0.102. The summed E-state index contributed by atoms with van der Waals surface area (Å²) in [5.74, 6) is 0.371. The Balaban J connectivity index is 1.77. The molecule has 3 nitrogen and oxygen atoms in total. The summed E-state index contributed by atoms with van der Waals surface area (Å²) in [4.78, 5) is 12.2. The van der Waals surface area contributed by atoms with Crippen LogP contribution in [0.2, 0.25) is 5.02 Å². The van der Waals surface area contributed by atoms with Gasteiger partial charge in [0.1, 0.15) is 5.03 Å². The maximum absolute atomic E-state index is 12.2. The van der Waals surface area contributed by atoms with Crippen LogP contribution in [0.1, 0.15) is 10.4 Å². The predicted molar refractivity (Wildman–Crippen MR) is 86.0 cm³/mol. The van der Waals surface area contributed by atoms with Crippen LogP contribution in [-0.2, 0) is 0 Å². The van der Waals surface area contributed by atoms with E-state index in [1.807, 2.05) is 24.3 Å². The fourth-order valence-corrected chi connectivity index (χ4v) is 2.97. The number of carbonyl (C=O) groups excluding carboxylic acids is 1. The van der Waals surface area contributed by atoms with Gasteiger partial charge in [-0.3, -0.25) is 4.79 Å². The highest BCUT2D eigenvalue weighted by atomic mass is 35.5. The number of aromatic nitrogens is 2. The Hall–Kier alpha value is -1.91. The van der Waals surface area contributed by atoms with Gasteiger partial charge in [-0.2, -0.15) is 5.10 Å². The summed E-state index contributed by atoms with van der Waals surface area (Å²) in [5, 5.41) is 11.5. The lowest BCUT2D eigenvalue weighted by Gasteiger charge is -2.04. The molecule has 1 heterocycles. The molecular weight excluding hydrogens is 304 g/mol. The van der Waals surface area contributed by atoms with E-state index in [0.29, 0.717) is 16.3 Å². The smallest absolute Gasteiger partial charge is 0.173 e. The average molecular weight is 315 g/mol. The zero-order valence-electron chi connectivity index (χ0n) is 11.0. The molecule has 0 spiro atoms. The van der Waals surface area contributed by atoms with Gasteiger partial charge in [0, 0.05) is 21.4 Å². The van der Waals surface area contributed by atoms with Crippen molar-refractivity contribution in [3.05, 3.63) is 65.3 Å². The van der Waals surface area contributed by atoms with Crippen LogP contribution in [0.15, 0.2) is 59.8 Å². The van der Waals surface area contributed by atoms with Gasteiger partial charge in [-0.05, 0) is 24.3 Å². The fraction of sp³-hybridized carbons (Fsp3) is 0.0625. The van der Waals surface area contributed by atoms with Crippen LogP contribution in [0.4, 0.5) is 0 Å². The lowest BCUT2D eigenvalue weighted by Crippen LogP contribution is -2.02. The monoisotopic (exact) mass is 314 g/mol. The number of benzene rings is 2. The molecule has 1 aromatic heterocycles. The van der Waals surface area contributed by atoms with Crippen molar-refractivity contribution in [3.63, 3.8) is 0 Å². The van der Waals surface area contributed by atoms with Gasteiger partial charge >= 0.3 is 0 Å². The highest BCUT2D eigenvalue weighted by Crippen LogP contribution is 2.25. The SMILES string of the molecule is O=C(CSc1nncc2ccccc12)c1ccc(Cl)cc1. The number of fused-ring (bicyclic) bond motifs is 1. The molecule has 2 aromatic carbocycles. The molecule has 3 rings (SSSR count). The van der Waals surface area contributed by atoms with E-state index in [0.717, 1.165) is 15.8 Å². The number of halogens is 1. The molecule has 0 atom stereocenters. The minimum absolute atomic E-state index is 0.0476. The Kier molecular flexibility index (Phi) is 4.18. The molecule has 0 unspecified atom stereocenters. The van der Waals surface area contributed by atoms with Crippen molar-refractivity contribution in [1.29, 1.82) is 0 Å². The predicted octanol–water partition coefficient (Wildman–Crippen LogP) is 4.26. The van der Waals surface area contributed by atoms with Crippen LogP contribution in [0.5, 0.6) is 0 Å². The Morgan fingerprint density at radius 2 is 1.86 bits per heavy atom. The molecule has 21 heavy (non-hydrogen) atoms. The molecule has 0 aliphatic rings. The Morgan fingerprint density at radius 1 is 1.10 bits per heavy atom. The van der Waals surface area contributed by atoms with Gasteiger partial charge in [-0.25, -0.2) is 0 Å². The summed E-state index contributed by atoms with van der Waals surface area (Å²) in [6, 6.07) is 14.8. The van der Waals surface area contributed by atoms with Gasteiger partial charge in [0.25, 0.3) is 0 Å². The lowest BCUT2D eigenvalue weighted by atomic mass is 10.1. The summed E-state index contributed by atoms with van der Waals surface area (Å²) >= 11 is 7.22. The van der Waals surface area contributed by atoms with Crippen molar-refractivity contribution in [3.8, 4) is 0 Å². The molecular formula is C16H11ClN2OS. The zero-order valence-corrected chi connectivity index (χ0v) is 12.6. The van der Waals surface area contributed by atoms with Crippen LogP contribution in [-0.4, -0.2) is 21.7 Å². The number of hydrogen-bond acceptors (Lipinski definition) is 4. The fourth-order valence-electron chi connectivity index (χ4n) is 1.96. The Labute approximate surface area is 131 Å². The Morgan fingerprint density at radius 3 is 2.67 bits per heavy atom. The molecule has 0 bridgehead atoms. The van der Waals surface area contributed by atoms with Gasteiger partial charge in [0.2, 0.25) is 0 Å². The van der Waals surface area contributed by atoms with Crippen molar-refractivity contribution >= 4 is 39.9 Å². The first kappa shape index (κ1) is 14.0. The Bertz CT molecular complexity index is 784. The summed E-state index contributed by atoms with van der Waals surface area (Å²) in [7, 11) is 0. The highest BCUT2D eigenvalue weighted by Gasteiger charge is 2.09. The van der Waals surface area contributed by atoms with E-state index >= 15 is 0 Å². The van der Waals surface area contributed by atoms with E-state index in [1.165, 1.54) is 11.8 Å². The van der Waals surface area contributed by atoms with Gasteiger partial charge in [-0.15, -0.1) is 5.10 Å². The summed E-state index contributed by atoms with van der Waals surface area (Å²) in [6.45, 7) is 0. The highest BCUT2D eigenvalue weighted by molar-refractivity contribution is 8.00. The molecule has 0 amide bonds. The van der Waals surface area contributed by atoms with E-state index in [2.05, 4.69) is 10.2 Å². The number of hydrogen-bond donors (Lipinski definition) is 0. The largest absolute Gasteiger partial charge is 0.293 e. The topological polar surface area (TPSA) is 42.9 Å². The molecule has 0 saturated heterocycles. The number of Topliss-reactive ketones (excluding diaryl/α,β-unsaturated/α-hetero) is 1. The molecule has 104 valence electrons. The second-order valence-corrected chi connectivity index (χ2v) is 5.86. The molecule has 0 saturated carbocycles. The maximum atomic E-state index is 12.2. The minimum Gasteiger partial charge on any atom is -0.293 e. The molecule has 0 N–H and O–H groups in total. The molecule has 0 aliphatic heterocycles. The molecule has 0 fully saturated rings. The van der Waals surface area contributed by atoms with Gasteiger partial charge in [-0.1, -0.05) is 47.6 Å². The average Bonchev–Trinajstić information content (AvgIpc) is 2.53. The second-order valence-electron chi connectivity index (χ2n) is 4.46. The van der Waals surface area contributed by atoms with E-state index in [9.17, 15) is 4.79 Å². The van der Waals surface area contributed by atoms with E-state index < -0.39 is 0 Å². The summed E-state index contributed by atoms with van der Waals surface area (Å²) in [6.07, 6.45) is 1.72. The van der Waals surface area contributed by atoms with Crippen molar-refractivity contribution in [2.45, 2.75) is 5.03 Å². The molecule has 0 aliphatic carbocycles. The summed E-state index contributed by atoms with van der Waals surface area (Å²) < 4.78 is 0. The number of thioether (sulfide) groups is 1. The third-order valence-corrected chi connectivity index (χ3v) is 4.28. The maximum Gasteiger partial charge on any atom is 0.173 e. The third-order valence-electron chi connectivity index (χ3n) is 3.04. The van der Waals surface area contributed by atoms with Crippen LogP contribution >= 0.6 is 23.4 Å². The van der Waals surface area contributed by atoms with Crippen LogP contribution in [0, 0.1) is 0 Å². The number of carbonyl (C=O) groups is 1. The quantitative estimate of drug-likeness (QED) is 0.533. The van der Waals surface area contributed by atoms with Gasteiger partial charge in [0.05, 0.1) is 11.9 Å². The van der Waals surface area contributed by atoms with Crippen molar-refractivity contribution in [2.24, 2.45) is 0 Å². The first-order valence-corrected chi connectivity index (χ1v) is 7.72. The van der Waals surface area contributed by atoms with E-state index in [1.54, 1.807) is 30.5 Å². The van der Waals surface area contributed by atoms with Crippen LogP contribution < -0.4 is 0 Å².